The Morgan fingerprint density at radius 2 is 1.84 bits per heavy atom. The third-order valence-corrected chi connectivity index (χ3v) is 8.30. The van der Waals surface area contributed by atoms with E-state index in [1.165, 1.54) is 11.3 Å². The molecule has 0 amide bonds. The summed E-state index contributed by atoms with van der Waals surface area (Å²) in [6.45, 7) is 5.39. The number of rotatable bonds is 6. The summed E-state index contributed by atoms with van der Waals surface area (Å²) in [5.74, 6) is 0.793. The van der Waals surface area contributed by atoms with Gasteiger partial charge in [0.15, 0.2) is 4.80 Å². The number of thiazole rings is 1. The molecule has 0 saturated heterocycles. The van der Waals surface area contributed by atoms with Gasteiger partial charge >= 0.3 is 5.97 Å². The molecule has 1 atom stereocenters. The minimum absolute atomic E-state index is 0.239. The fraction of sp³-hybridized carbons (Fsp3) is 0.207. The van der Waals surface area contributed by atoms with Gasteiger partial charge in [0.25, 0.3) is 5.56 Å². The molecule has 6 nitrogen and oxygen atoms in total. The van der Waals surface area contributed by atoms with E-state index in [4.69, 9.17) is 9.15 Å². The number of halogens is 1. The highest BCUT2D eigenvalue weighted by Gasteiger charge is 2.33. The van der Waals surface area contributed by atoms with E-state index in [0.29, 0.717) is 32.1 Å². The number of nitrogens with zero attached hydrogens (tertiary/aromatic N) is 2. The van der Waals surface area contributed by atoms with Crippen molar-refractivity contribution in [1.29, 1.82) is 0 Å². The van der Waals surface area contributed by atoms with Gasteiger partial charge in [0.2, 0.25) is 0 Å². The normalized spacial score (nSPS) is 15.5. The van der Waals surface area contributed by atoms with Crippen LogP contribution in [0.4, 0.5) is 0 Å². The lowest BCUT2D eigenvalue weighted by molar-refractivity contribution is -0.143. The lowest BCUT2D eigenvalue weighted by Gasteiger charge is -2.25. The average molecular weight is 610 g/mol. The van der Waals surface area contributed by atoms with Gasteiger partial charge in [0.05, 0.1) is 27.9 Å². The second-order valence-corrected chi connectivity index (χ2v) is 11.8. The number of hydrogen-bond donors (Lipinski definition) is 0. The largest absolute Gasteiger partial charge is 0.459 e. The zero-order valence-corrected chi connectivity index (χ0v) is 24.4. The first kappa shape index (κ1) is 26.5. The first-order chi connectivity index (χ1) is 18.2. The lowest BCUT2D eigenvalue weighted by Crippen LogP contribution is -2.40. The van der Waals surface area contributed by atoms with Crippen LogP contribution in [0, 0.1) is 0 Å². The highest BCUT2D eigenvalue weighted by Crippen LogP contribution is 2.32. The highest BCUT2D eigenvalue weighted by molar-refractivity contribution is 9.10. The highest BCUT2D eigenvalue weighted by atomic mass is 79.9. The Balaban J connectivity index is 1.62. The number of fused-ring (bicyclic) bond motifs is 1. The quantitative estimate of drug-likeness (QED) is 0.200. The summed E-state index contributed by atoms with van der Waals surface area (Å²) in [6.07, 6.45) is 3.43. The van der Waals surface area contributed by atoms with Crippen molar-refractivity contribution in [1.82, 2.24) is 4.57 Å². The molecule has 3 heterocycles. The summed E-state index contributed by atoms with van der Waals surface area (Å²) in [4.78, 5) is 33.3. The first-order valence-electron chi connectivity index (χ1n) is 12.0. The molecule has 4 aromatic rings. The monoisotopic (exact) mass is 608 g/mol. The number of benzene rings is 2. The second-order valence-electron chi connectivity index (χ2n) is 9.02. The maximum absolute atomic E-state index is 13.8. The zero-order valence-electron chi connectivity index (χ0n) is 21.2. The van der Waals surface area contributed by atoms with Crippen LogP contribution in [-0.4, -0.2) is 22.9 Å². The number of thioether (sulfide) groups is 1. The Hall–Kier alpha value is -3.14. The molecule has 0 spiro atoms. The fourth-order valence-corrected chi connectivity index (χ4v) is 5.99. The fourth-order valence-electron chi connectivity index (χ4n) is 4.29. The number of carbonyl (C=O) groups is 1. The van der Waals surface area contributed by atoms with Crippen LogP contribution in [-0.2, 0) is 9.53 Å². The number of aromatic nitrogens is 1. The maximum Gasteiger partial charge on any atom is 0.338 e. The van der Waals surface area contributed by atoms with Crippen molar-refractivity contribution in [2.24, 2.45) is 4.99 Å². The van der Waals surface area contributed by atoms with Gasteiger partial charge in [0.1, 0.15) is 11.5 Å². The Kier molecular flexibility index (Phi) is 7.61. The van der Waals surface area contributed by atoms with Gasteiger partial charge < -0.3 is 9.15 Å². The predicted molar refractivity (Wildman–Crippen MR) is 155 cm³/mol. The molecule has 0 radical (unpaired) electrons. The number of carbonyl (C=O) groups excluding carboxylic acids is 1. The predicted octanol–water partition coefficient (Wildman–Crippen LogP) is 5.93. The van der Waals surface area contributed by atoms with Crippen LogP contribution >= 0.6 is 39.0 Å². The minimum Gasteiger partial charge on any atom is -0.459 e. The molecule has 1 aliphatic rings. The Morgan fingerprint density at radius 1 is 1.13 bits per heavy atom. The van der Waals surface area contributed by atoms with Gasteiger partial charge in [-0.1, -0.05) is 51.5 Å². The van der Waals surface area contributed by atoms with E-state index in [0.717, 1.165) is 20.5 Å². The summed E-state index contributed by atoms with van der Waals surface area (Å²) in [5, 5.41) is 0. The van der Waals surface area contributed by atoms with Gasteiger partial charge in [-0.3, -0.25) is 9.36 Å². The Labute approximate surface area is 236 Å². The van der Waals surface area contributed by atoms with E-state index in [9.17, 15) is 9.59 Å². The van der Waals surface area contributed by atoms with Crippen LogP contribution in [0.25, 0.3) is 17.4 Å². The molecule has 9 heteroatoms. The van der Waals surface area contributed by atoms with Gasteiger partial charge in [-0.15, -0.1) is 11.8 Å². The van der Waals surface area contributed by atoms with Crippen LogP contribution in [0.2, 0.25) is 0 Å². The van der Waals surface area contributed by atoms with Gasteiger partial charge in [0, 0.05) is 21.0 Å². The zero-order chi connectivity index (χ0) is 27.0. The summed E-state index contributed by atoms with van der Waals surface area (Å²) < 4.78 is 14.6. The van der Waals surface area contributed by atoms with E-state index in [2.05, 4.69) is 20.9 Å². The molecular formula is C29H25BrN2O4S2. The van der Waals surface area contributed by atoms with Crippen LogP contribution < -0.4 is 14.9 Å². The number of allylic oxidation sites excluding steroid dienone is 1. The third-order valence-electron chi connectivity index (χ3n) is 6.04. The molecule has 0 fully saturated rings. The molecule has 0 saturated carbocycles. The molecule has 2 aromatic carbocycles. The van der Waals surface area contributed by atoms with Crippen molar-refractivity contribution < 1.29 is 13.9 Å². The van der Waals surface area contributed by atoms with E-state index < -0.39 is 12.0 Å². The van der Waals surface area contributed by atoms with Gasteiger partial charge in [-0.2, -0.15) is 0 Å². The lowest BCUT2D eigenvalue weighted by atomic mass is 9.96. The summed E-state index contributed by atoms with van der Waals surface area (Å²) >= 11 is 6.35. The number of hydrogen-bond acceptors (Lipinski definition) is 7. The van der Waals surface area contributed by atoms with Crippen molar-refractivity contribution >= 4 is 51.1 Å². The van der Waals surface area contributed by atoms with Crippen molar-refractivity contribution in [3.05, 3.63) is 107 Å². The van der Waals surface area contributed by atoms with E-state index in [1.54, 1.807) is 43.2 Å². The topological polar surface area (TPSA) is 73.8 Å². The number of esters is 1. The smallest absolute Gasteiger partial charge is 0.338 e. The SMILES string of the molecule is CSc1ccc([C@H]2C(C(=O)OC(C)C)=C(C)N=c3s/c(=C\c4ccc(-c5ccc(Br)cc5)o4)c(=O)n32)cc1. The van der Waals surface area contributed by atoms with E-state index in [-0.39, 0.29) is 11.7 Å². The van der Waals surface area contributed by atoms with E-state index in [1.807, 2.05) is 66.9 Å². The molecule has 0 aliphatic carbocycles. The van der Waals surface area contributed by atoms with Crippen LogP contribution in [0.3, 0.4) is 0 Å². The number of ether oxygens (including phenoxy) is 1. The summed E-state index contributed by atoms with van der Waals surface area (Å²) in [5.41, 5.74) is 2.42. The van der Waals surface area contributed by atoms with Crippen molar-refractivity contribution in [3.8, 4) is 11.3 Å². The molecule has 5 rings (SSSR count). The molecule has 0 bridgehead atoms. The maximum atomic E-state index is 13.8. The first-order valence-corrected chi connectivity index (χ1v) is 14.8. The van der Waals surface area contributed by atoms with E-state index >= 15 is 0 Å². The minimum atomic E-state index is -0.648. The van der Waals surface area contributed by atoms with Crippen molar-refractivity contribution in [3.63, 3.8) is 0 Å². The summed E-state index contributed by atoms with van der Waals surface area (Å²) in [6, 6.07) is 18.8. The molecular weight excluding hydrogens is 584 g/mol. The average Bonchev–Trinajstić information content (AvgIpc) is 3.47. The molecule has 1 aliphatic heterocycles. The third kappa shape index (κ3) is 5.23. The summed E-state index contributed by atoms with van der Waals surface area (Å²) in [7, 11) is 0. The van der Waals surface area contributed by atoms with Crippen molar-refractivity contribution in [2.75, 3.05) is 6.26 Å². The molecule has 0 N–H and O–H groups in total. The second kappa shape index (κ2) is 10.9. The van der Waals surface area contributed by atoms with Crippen LogP contribution in [0.15, 0.2) is 95.5 Å². The van der Waals surface area contributed by atoms with Crippen LogP contribution in [0.1, 0.15) is 38.1 Å². The molecule has 38 heavy (non-hydrogen) atoms. The Morgan fingerprint density at radius 3 is 2.50 bits per heavy atom. The standard InChI is InChI=1S/C29H25BrN2O4S2/c1-16(2)35-28(34)25-17(3)31-29-32(26(25)19-7-12-22(37-4)13-8-19)27(33)24(38-29)15-21-11-14-23(36-21)18-5-9-20(30)10-6-18/h5-16,26H,1-4H3/b24-15-/t26-/m0/s1. The van der Waals surface area contributed by atoms with Gasteiger partial charge in [-0.05, 0) is 69.0 Å². The Bertz CT molecular complexity index is 1710. The number of furan rings is 1. The molecule has 2 aromatic heterocycles. The van der Waals surface area contributed by atoms with Gasteiger partial charge in [-0.25, -0.2) is 9.79 Å². The molecule has 194 valence electrons. The van der Waals surface area contributed by atoms with Crippen LogP contribution in [0.5, 0.6) is 0 Å². The van der Waals surface area contributed by atoms with Crippen molar-refractivity contribution in [2.45, 2.75) is 37.8 Å². The molecule has 0 unspecified atom stereocenters.